The zero-order chi connectivity index (χ0) is 12.5. The molecule has 2 N–H and O–H groups in total. The maximum absolute atomic E-state index is 11.6. The molecule has 3 nitrogen and oxygen atoms in total. The highest BCUT2D eigenvalue weighted by Crippen LogP contribution is 2.25. The molecule has 0 aromatic rings. The van der Waals surface area contributed by atoms with Gasteiger partial charge in [-0.05, 0) is 25.8 Å². The monoisotopic (exact) mass is 240 g/mol. The molecule has 0 heterocycles. The molecule has 3 heteroatoms. The van der Waals surface area contributed by atoms with Crippen molar-refractivity contribution in [2.45, 2.75) is 64.8 Å². The van der Waals surface area contributed by atoms with Gasteiger partial charge < -0.3 is 10.6 Å². The van der Waals surface area contributed by atoms with Crippen molar-refractivity contribution in [3.05, 3.63) is 0 Å². The minimum absolute atomic E-state index is 0.189. The molecular formula is C14H28N2O. The standard InChI is InChI=1S/C14H28N2O/c1-3-15-12(2)11-14(17)16-10-9-13-7-5-4-6-8-13/h12-13,15H,3-11H2,1-2H3,(H,16,17). The first kappa shape index (κ1) is 14.5. The predicted octanol–water partition coefficient (Wildman–Crippen LogP) is 2.46. The molecule has 0 aliphatic heterocycles. The summed E-state index contributed by atoms with van der Waals surface area (Å²) in [5.74, 6) is 1.05. The second kappa shape index (κ2) is 8.51. The predicted molar refractivity (Wildman–Crippen MR) is 72.0 cm³/mol. The Morgan fingerprint density at radius 2 is 2.00 bits per heavy atom. The fourth-order valence-corrected chi connectivity index (χ4v) is 2.66. The van der Waals surface area contributed by atoms with Crippen LogP contribution in [0, 0.1) is 5.92 Å². The highest BCUT2D eigenvalue weighted by atomic mass is 16.1. The van der Waals surface area contributed by atoms with E-state index in [1.54, 1.807) is 0 Å². The Hall–Kier alpha value is -0.570. The first-order valence-corrected chi connectivity index (χ1v) is 7.22. The molecule has 1 aliphatic carbocycles. The summed E-state index contributed by atoms with van der Waals surface area (Å²) in [5, 5.41) is 6.30. The van der Waals surface area contributed by atoms with Crippen molar-refractivity contribution in [2.75, 3.05) is 13.1 Å². The minimum atomic E-state index is 0.189. The Morgan fingerprint density at radius 3 is 2.65 bits per heavy atom. The average Bonchev–Trinajstić information content (AvgIpc) is 2.30. The third-order valence-electron chi connectivity index (χ3n) is 3.64. The SMILES string of the molecule is CCNC(C)CC(=O)NCCC1CCCCC1. The zero-order valence-corrected chi connectivity index (χ0v) is 11.4. The van der Waals surface area contributed by atoms with Crippen LogP contribution in [-0.4, -0.2) is 25.0 Å². The van der Waals surface area contributed by atoms with Crippen molar-refractivity contribution in [2.24, 2.45) is 5.92 Å². The molecule has 0 bridgehead atoms. The smallest absolute Gasteiger partial charge is 0.221 e. The van der Waals surface area contributed by atoms with Gasteiger partial charge >= 0.3 is 0 Å². The molecule has 1 amide bonds. The average molecular weight is 240 g/mol. The van der Waals surface area contributed by atoms with E-state index in [2.05, 4.69) is 24.5 Å². The van der Waals surface area contributed by atoms with Crippen LogP contribution in [0.2, 0.25) is 0 Å². The van der Waals surface area contributed by atoms with Crippen LogP contribution >= 0.6 is 0 Å². The summed E-state index contributed by atoms with van der Waals surface area (Å²) in [6.45, 7) is 5.92. The number of hydrogen-bond donors (Lipinski definition) is 2. The molecule has 1 unspecified atom stereocenters. The highest BCUT2D eigenvalue weighted by Gasteiger charge is 2.13. The van der Waals surface area contributed by atoms with E-state index >= 15 is 0 Å². The lowest BCUT2D eigenvalue weighted by Crippen LogP contribution is -2.34. The van der Waals surface area contributed by atoms with Crippen LogP contribution in [0.25, 0.3) is 0 Å². The van der Waals surface area contributed by atoms with Crippen molar-refractivity contribution in [1.82, 2.24) is 10.6 Å². The van der Waals surface area contributed by atoms with Crippen molar-refractivity contribution in [1.29, 1.82) is 0 Å². The molecule has 0 aromatic carbocycles. The number of hydrogen-bond acceptors (Lipinski definition) is 2. The number of carbonyl (C=O) groups is 1. The highest BCUT2D eigenvalue weighted by molar-refractivity contribution is 5.76. The molecule has 1 rings (SSSR count). The minimum Gasteiger partial charge on any atom is -0.356 e. The molecule has 0 radical (unpaired) electrons. The molecule has 1 atom stereocenters. The van der Waals surface area contributed by atoms with E-state index in [1.807, 2.05) is 0 Å². The van der Waals surface area contributed by atoms with E-state index in [4.69, 9.17) is 0 Å². The van der Waals surface area contributed by atoms with E-state index in [1.165, 1.54) is 38.5 Å². The van der Waals surface area contributed by atoms with Crippen LogP contribution in [0.4, 0.5) is 0 Å². The Kier molecular flexibility index (Phi) is 7.25. The van der Waals surface area contributed by atoms with Gasteiger partial charge in [-0.15, -0.1) is 0 Å². The lowest BCUT2D eigenvalue weighted by Gasteiger charge is -2.21. The fourth-order valence-electron chi connectivity index (χ4n) is 2.66. The van der Waals surface area contributed by atoms with Gasteiger partial charge in [-0.3, -0.25) is 4.79 Å². The van der Waals surface area contributed by atoms with Gasteiger partial charge in [0.05, 0.1) is 0 Å². The number of nitrogens with one attached hydrogen (secondary N) is 2. The lowest BCUT2D eigenvalue weighted by atomic mass is 9.87. The van der Waals surface area contributed by atoms with Gasteiger partial charge in [0, 0.05) is 19.0 Å². The van der Waals surface area contributed by atoms with Gasteiger partial charge in [-0.25, -0.2) is 0 Å². The summed E-state index contributed by atoms with van der Waals surface area (Å²) >= 11 is 0. The maximum atomic E-state index is 11.6. The fraction of sp³-hybridized carbons (Fsp3) is 0.929. The van der Waals surface area contributed by atoms with Crippen LogP contribution in [-0.2, 0) is 4.79 Å². The van der Waals surface area contributed by atoms with Gasteiger partial charge in [-0.1, -0.05) is 39.0 Å². The first-order valence-electron chi connectivity index (χ1n) is 7.22. The first-order chi connectivity index (χ1) is 8.22. The molecule has 17 heavy (non-hydrogen) atoms. The molecular weight excluding hydrogens is 212 g/mol. The van der Waals surface area contributed by atoms with Gasteiger partial charge in [-0.2, -0.15) is 0 Å². The Balaban J connectivity index is 2.03. The van der Waals surface area contributed by atoms with Crippen LogP contribution in [0.15, 0.2) is 0 Å². The van der Waals surface area contributed by atoms with E-state index in [9.17, 15) is 4.79 Å². The maximum Gasteiger partial charge on any atom is 0.221 e. The molecule has 0 spiro atoms. The Bertz CT molecular complexity index is 212. The van der Waals surface area contributed by atoms with Crippen molar-refractivity contribution >= 4 is 5.91 Å². The zero-order valence-electron chi connectivity index (χ0n) is 11.4. The Labute approximate surface area is 106 Å². The molecule has 1 aliphatic rings. The van der Waals surface area contributed by atoms with E-state index in [-0.39, 0.29) is 11.9 Å². The Morgan fingerprint density at radius 1 is 1.29 bits per heavy atom. The van der Waals surface area contributed by atoms with Gasteiger partial charge in [0.2, 0.25) is 5.91 Å². The largest absolute Gasteiger partial charge is 0.356 e. The van der Waals surface area contributed by atoms with Crippen LogP contribution in [0.1, 0.15) is 58.8 Å². The van der Waals surface area contributed by atoms with Crippen LogP contribution < -0.4 is 10.6 Å². The normalized spacial score (nSPS) is 18.9. The summed E-state index contributed by atoms with van der Waals surface area (Å²) in [6, 6.07) is 0.287. The van der Waals surface area contributed by atoms with Crippen molar-refractivity contribution in [3.63, 3.8) is 0 Å². The van der Waals surface area contributed by atoms with Crippen LogP contribution in [0.3, 0.4) is 0 Å². The second-order valence-electron chi connectivity index (χ2n) is 5.31. The third kappa shape index (κ3) is 6.67. The van der Waals surface area contributed by atoms with Crippen molar-refractivity contribution in [3.8, 4) is 0 Å². The molecule has 1 fully saturated rings. The summed E-state index contributed by atoms with van der Waals surface area (Å²) < 4.78 is 0. The molecule has 100 valence electrons. The van der Waals surface area contributed by atoms with Crippen molar-refractivity contribution < 1.29 is 4.79 Å². The number of amides is 1. The molecule has 1 saturated carbocycles. The van der Waals surface area contributed by atoms with Gasteiger partial charge in [0.1, 0.15) is 0 Å². The molecule has 0 saturated heterocycles. The van der Waals surface area contributed by atoms with E-state index < -0.39 is 0 Å². The quantitative estimate of drug-likeness (QED) is 0.718. The topological polar surface area (TPSA) is 41.1 Å². The van der Waals surface area contributed by atoms with E-state index in [0.29, 0.717) is 6.42 Å². The number of carbonyl (C=O) groups excluding carboxylic acids is 1. The van der Waals surface area contributed by atoms with Gasteiger partial charge in [0.15, 0.2) is 0 Å². The lowest BCUT2D eigenvalue weighted by molar-refractivity contribution is -0.121. The second-order valence-corrected chi connectivity index (χ2v) is 5.31. The molecule has 0 aromatic heterocycles. The van der Waals surface area contributed by atoms with Crippen LogP contribution in [0.5, 0.6) is 0 Å². The van der Waals surface area contributed by atoms with E-state index in [0.717, 1.165) is 19.0 Å². The summed E-state index contributed by atoms with van der Waals surface area (Å²) in [6.07, 6.45) is 8.67. The summed E-state index contributed by atoms with van der Waals surface area (Å²) in [5.41, 5.74) is 0. The summed E-state index contributed by atoms with van der Waals surface area (Å²) in [4.78, 5) is 11.6. The van der Waals surface area contributed by atoms with Gasteiger partial charge in [0.25, 0.3) is 0 Å². The summed E-state index contributed by atoms with van der Waals surface area (Å²) in [7, 11) is 0. The third-order valence-corrected chi connectivity index (χ3v) is 3.64. The number of rotatable bonds is 7.